The molecule has 1 fully saturated rings. The number of fused-ring (bicyclic) bond motifs is 2. The summed E-state index contributed by atoms with van der Waals surface area (Å²) in [5, 5.41) is 15.7. The fraction of sp³-hybridized carbons (Fsp3) is 0.533. The normalized spacial score (nSPS) is 29.1. The molecule has 1 saturated heterocycles. The molecule has 1 aliphatic carbocycles. The summed E-state index contributed by atoms with van der Waals surface area (Å²) in [6, 6.07) is 0. The van der Waals surface area contributed by atoms with E-state index in [9.17, 15) is 24.3 Å². The number of amides is 2. The number of ketones is 2. The highest BCUT2D eigenvalue weighted by Gasteiger charge is 2.33. The molecule has 3 unspecified atom stereocenters. The number of aliphatic hydroxyl groups excluding tert-OH is 1. The molecule has 3 N–H and O–H groups in total. The van der Waals surface area contributed by atoms with Crippen molar-refractivity contribution >= 4 is 23.6 Å². The van der Waals surface area contributed by atoms with Crippen molar-refractivity contribution in [3.05, 3.63) is 58.5 Å². The molecule has 0 radical (unpaired) electrons. The third kappa shape index (κ3) is 8.02. The molecule has 3 atom stereocenters. The largest absolute Gasteiger partial charge is 0.439 e. The molecule has 0 saturated carbocycles. The van der Waals surface area contributed by atoms with Crippen molar-refractivity contribution in [1.29, 1.82) is 0 Å². The lowest BCUT2D eigenvalue weighted by atomic mass is 9.91. The molecule has 40 heavy (non-hydrogen) atoms. The number of aliphatic hydroxyl groups is 1. The molecule has 0 aromatic rings. The quantitative estimate of drug-likeness (QED) is 0.358. The number of carbonyl (C=O) groups is 4. The first-order valence-corrected chi connectivity index (χ1v) is 13.9. The van der Waals surface area contributed by atoms with Crippen LogP contribution in [0.1, 0.15) is 58.8 Å². The lowest BCUT2D eigenvalue weighted by Crippen LogP contribution is -2.36. The minimum absolute atomic E-state index is 0.0312. The van der Waals surface area contributed by atoms with Crippen LogP contribution in [0.3, 0.4) is 0 Å². The molecule has 2 amide bonds. The van der Waals surface area contributed by atoms with Gasteiger partial charge >= 0.3 is 6.09 Å². The number of allylic oxidation sites excluding steroid dienone is 4. The number of rotatable bonds is 3. The van der Waals surface area contributed by atoms with Crippen molar-refractivity contribution in [2.45, 2.75) is 77.1 Å². The van der Waals surface area contributed by atoms with Gasteiger partial charge in [-0.1, -0.05) is 30.7 Å². The Kier molecular flexibility index (Phi) is 11.5. The van der Waals surface area contributed by atoms with Crippen LogP contribution in [-0.4, -0.2) is 79.1 Å². The minimum Gasteiger partial charge on any atom is -0.439 e. The first-order valence-electron chi connectivity index (χ1n) is 13.9. The molecular weight excluding hydrogens is 514 g/mol. The standard InChI is InChI=1S/C30H41N3O7/c1-19-14-15-21(34)11-5-6-12-22-26(33-16-7-8-17-33)24(35)18-23(27(22)36)32-29(37)20(2)10-9-13-25(39-4)28(19)40-30(38)31-3/h9-10,13-14,18,21,25,28,34H,5-8,11-12,15-17H2,1-4H3,(H,31,38)(H,32,37)/b13-9-,19-14+,20-10+. The highest BCUT2D eigenvalue weighted by atomic mass is 16.6. The van der Waals surface area contributed by atoms with Gasteiger partial charge in [-0.25, -0.2) is 4.79 Å². The zero-order valence-electron chi connectivity index (χ0n) is 23.8. The predicted octanol–water partition coefficient (Wildman–Crippen LogP) is 3.00. The van der Waals surface area contributed by atoms with Crippen molar-refractivity contribution in [3.8, 4) is 0 Å². The number of alkyl carbamates (subject to hydrolysis) is 1. The summed E-state index contributed by atoms with van der Waals surface area (Å²) in [7, 11) is 2.94. The molecule has 3 aliphatic rings. The van der Waals surface area contributed by atoms with E-state index in [1.165, 1.54) is 20.2 Å². The van der Waals surface area contributed by atoms with Gasteiger partial charge in [-0.3, -0.25) is 14.4 Å². The fourth-order valence-electron chi connectivity index (χ4n) is 5.04. The monoisotopic (exact) mass is 555 g/mol. The van der Waals surface area contributed by atoms with Gasteiger partial charge in [0.05, 0.1) is 17.5 Å². The number of hydrogen-bond acceptors (Lipinski definition) is 8. The van der Waals surface area contributed by atoms with Crippen LogP contribution in [0.25, 0.3) is 0 Å². The van der Waals surface area contributed by atoms with E-state index in [-0.39, 0.29) is 17.3 Å². The zero-order valence-corrected chi connectivity index (χ0v) is 23.8. The van der Waals surface area contributed by atoms with E-state index in [1.807, 2.05) is 11.0 Å². The summed E-state index contributed by atoms with van der Waals surface area (Å²) in [5.41, 5.74) is 1.84. The van der Waals surface area contributed by atoms with E-state index >= 15 is 0 Å². The van der Waals surface area contributed by atoms with E-state index in [4.69, 9.17) is 9.47 Å². The topological polar surface area (TPSA) is 134 Å². The van der Waals surface area contributed by atoms with Gasteiger partial charge in [-0.05, 0) is 57.9 Å². The van der Waals surface area contributed by atoms with Crippen molar-refractivity contribution in [3.63, 3.8) is 0 Å². The van der Waals surface area contributed by atoms with Crippen molar-refractivity contribution in [2.75, 3.05) is 27.2 Å². The third-order valence-corrected chi connectivity index (χ3v) is 7.37. The summed E-state index contributed by atoms with van der Waals surface area (Å²) >= 11 is 0. The number of hydrogen-bond donors (Lipinski definition) is 3. The maximum absolute atomic E-state index is 13.5. The second-order valence-electron chi connectivity index (χ2n) is 10.3. The van der Waals surface area contributed by atoms with Gasteiger partial charge in [0.25, 0.3) is 5.91 Å². The second kappa shape index (κ2) is 14.8. The Morgan fingerprint density at radius 1 is 1.12 bits per heavy atom. The number of nitrogens with one attached hydrogen (secondary N) is 2. The van der Waals surface area contributed by atoms with E-state index in [0.717, 1.165) is 25.9 Å². The van der Waals surface area contributed by atoms with Crippen molar-refractivity contribution in [2.24, 2.45) is 0 Å². The fourth-order valence-corrected chi connectivity index (χ4v) is 5.04. The maximum atomic E-state index is 13.5. The van der Waals surface area contributed by atoms with Crippen LogP contribution in [0, 0.1) is 0 Å². The average molecular weight is 556 g/mol. The summed E-state index contributed by atoms with van der Waals surface area (Å²) in [4.78, 5) is 53.6. The Morgan fingerprint density at radius 3 is 2.52 bits per heavy atom. The van der Waals surface area contributed by atoms with Crippen LogP contribution in [0.2, 0.25) is 0 Å². The Hall–Kier alpha value is -3.50. The number of Topliss-reactive ketones (excluding diaryl/α,β-unsaturated/α-hetero) is 1. The first kappa shape index (κ1) is 31.0. The highest BCUT2D eigenvalue weighted by molar-refractivity contribution is 6.23. The van der Waals surface area contributed by atoms with Crippen LogP contribution in [0.5, 0.6) is 0 Å². The van der Waals surface area contributed by atoms with E-state index in [2.05, 4.69) is 10.6 Å². The molecule has 0 aromatic heterocycles. The van der Waals surface area contributed by atoms with E-state index in [1.54, 1.807) is 32.1 Å². The number of methoxy groups -OCH3 is 1. The van der Waals surface area contributed by atoms with Gasteiger partial charge < -0.3 is 30.1 Å². The van der Waals surface area contributed by atoms with Crippen molar-refractivity contribution < 1.29 is 33.8 Å². The van der Waals surface area contributed by atoms with E-state index in [0.29, 0.717) is 54.5 Å². The zero-order chi connectivity index (χ0) is 29.2. The number of likely N-dealkylation sites (tertiary alicyclic amines) is 1. The molecule has 2 heterocycles. The molecule has 2 aliphatic heterocycles. The van der Waals surface area contributed by atoms with Crippen LogP contribution >= 0.6 is 0 Å². The Morgan fingerprint density at radius 2 is 1.85 bits per heavy atom. The lowest BCUT2D eigenvalue weighted by Gasteiger charge is -2.27. The van der Waals surface area contributed by atoms with Gasteiger partial charge in [-0.15, -0.1) is 0 Å². The van der Waals surface area contributed by atoms with Gasteiger partial charge in [0.2, 0.25) is 11.6 Å². The smallest absolute Gasteiger partial charge is 0.407 e. The summed E-state index contributed by atoms with van der Waals surface area (Å²) in [5.74, 6) is -1.13. The molecular formula is C30H41N3O7. The molecule has 10 nitrogen and oxygen atoms in total. The lowest BCUT2D eigenvalue weighted by molar-refractivity contribution is -0.120. The molecule has 3 rings (SSSR count). The Balaban J connectivity index is 1.94. The molecule has 0 aromatic carbocycles. The number of carbonyl (C=O) groups excluding carboxylic acids is 4. The highest BCUT2D eigenvalue weighted by Crippen LogP contribution is 2.29. The molecule has 0 spiro atoms. The number of nitrogens with zero attached hydrogens (tertiary/aromatic N) is 1. The van der Waals surface area contributed by atoms with Crippen LogP contribution < -0.4 is 10.6 Å². The molecule has 2 bridgehead atoms. The van der Waals surface area contributed by atoms with Crippen LogP contribution in [0.15, 0.2) is 58.5 Å². The van der Waals surface area contributed by atoms with Gasteiger partial charge in [0, 0.05) is 44.5 Å². The van der Waals surface area contributed by atoms with Crippen LogP contribution in [0.4, 0.5) is 4.79 Å². The summed E-state index contributed by atoms with van der Waals surface area (Å²) in [6.07, 6.45) is 9.56. The molecule has 10 heteroatoms. The summed E-state index contributed by atoms with van der Waals surface area (Å²) < 4.78 is 11.1. The third-order valence-electron chi connectivity index (χ3n) is 7.37. The summed E-state index contributed by atoms with van der Waals surface area (Å²) in [6.45, 7) is 4.84. The maximum Gasteiger partial charge on any atom is 0.407 e. The second-order valence-corrected chi connectivity index (χ2v) is 10.3. The molecule has 218 valence electrons. The predicted molar refractivity (Wildman–Crippen MR) is 150 cm³/mol. The van der Waals surface area contributed by atoms with Gasteiger partial charge in [0.1, 0.15) is 6.10 Å². The van der Waals surface area contributed by atoms with Gasteiger partial charge in [0.15, 0.2) is 6.10 Å². The van der Waals surface area contributed by atoms with E-state index < -0.39 is 30.3 Å². The average Bonchev–Trinajstić information content (AvgIpc) is 3.47. The Bertz CT molecular complexity index is 1140. The Labute approximate surface area is 235 Å². The SMILES string of the molecule is CNC(=O)OC1/C(C)=C/CC(O)CCCCC2=C(N3CCCC3)C(=O)C=C(NC(=O)/C(C)=C/C=C\C1OC)C2=O. The first-order chi connectivity index (χ1) is 19.2. The number of ether oxygens (including phenoxy) is 2. The minimum atomic E-state index is -0.762. The van der Waals surface area contributed by atoms with Crippen molar-refractivity contribution in [1.82, 2.24) is 15.5 Å². The van der Waals surface area contributed by atoms with Gasteiger partial charge in [-0.2, -0.15) is 0 Å². The van der Waals surface area contributed by atoms with Crippen LogP contribution in [-0.2, 0) is 23.9 Å².